The predicted molar refractivity (Wildman–Crippen MR) is 80.3 cm³/mol. The molecule has 1 aliphatic carbocycles. The van der Waals surface area contributed by atoms with E-state index < -0.39 is 0 Å². The lowest BCUT2D eigenvalue weighted by Gasteiger charge is -2.29. The number of halogens is 1. The number of hydrogen-bond acceptors (Lipinski definition) is 3. The van der Waals surface area contributed by atoms with Gasteiger partial charge in [0.1, 0.15) is 6.10 Å². The van der Waals surface area contributed by atoms with Gasteiger partial charge in [0.25, 0.3) is 0 Å². The second-order valence-corrected chi connectivity index (χ2v) is 5.91. The van der Waals surface area contributed by atoms with E-state index in [9.17, 15) is 0 Å². The van der Waals surface area contributed by atoms with Gasteiger partial charge in [-0.05, 0) is 37.5 Å². The summed E-state index contributed by atoms with van der Waals surface area (Å²) < 4.78 is 7.14. The molecule has 4 heteroatoms. The van der Waals surface area contributed by atoms with Crippen molar-refractivity contribution >= 4 is 26.7 Å². The van der Waals surface area contributed by atoms with Crippen molar-refractivity contribution in [3.63, 3.8) is 0 Å². The Morgan fingerprint density at radius 3 is 2.84 bits per heavy atom. The zero-order chi connectivity index (χ0) is 13.2. The van der Waals surface area contributed by atoms with Crippen LogP contribution in [0.15, 0.2) is 34.9 Å². The van der Waals surface area contributed by atoms with Crippen molar-refractivity contribution in [1.82, 2.24) is 4.98 Å². The first-order chi connectivity index (χ1) is 9.25. The van der Waals surface area contributed by atoms with Gasteiger partial charge in [0.05, 0.1) is 0 Å². The molecule has 3 rings (SSSR count). The average molecular weight is 321 g/mol. The van der Waals surface area contributed by atoms with Crippen LogP contribution >= 0.6 is 15.9 Å². The van der Waals surface area contributed by atoms with Gasteiger partial charge in [0.15, 0.2) is 0 Å². The van der Waals surface area contributed by atoms with Gasteiger partial charge in [0, 0.05) is 27.5 Å². The van der Waals surface area contributed by atoms with Crippen molar-refractivity contribution < 1.29 is 4.74 Å². The molecule has 2 unspecified atom stereocenters. The van der Waals surface area contributed by atoms with Gasteiger partial charge >= 0.3 is 0 Å². The van der Waals surface area contributed by atoms with Gasteiger partial charge in [-0.3, -0.25) is 0 Å². The fourth-order valence-corrected chi connectivity index (χ4v) is 3.15. The summed E-state index contributed by atoms with van der Waals surface area (Å²) in [5.41, 5.74) is 6.14. The van der Waals surface area contributed by atoms with Crippen LogP contribution in [0.3, 0.4) is 0 Å². The van der Waals surface area contributed by atoms with Crippen molar-refractivity contribution in [1.29, 1.82) is 0 Å². The van der Waals surface area contributed by atoms with Crippen LogP contribution in [-0.4, -0.2) is 17.1 Å². The van der Waals surface area contributed by atoms with Crippen LogP contribution in [0.4, 0.5) is 0 Å². The van der Waals surface area contributed by atoms with Crippen LogP contribution in [0.5, 0.6) is 5.88 Å². The highest BCUT2D eigenvalue weighted by Crippen LogP contribution is 2.31. The molecule has 2 N–H and O–H groups in total. The minimum absolute atomic E-state index is 0.0887. The Morgan fingerprint density at radius 1 is 1.16 bits per heavy atom. The molecule has 0 aliphatic heterocycles. The topological polar surface area (TPSA) is 48.1 Å². The lowest BCUT2D eigenvalue weighted by molar-refractivity contribution is 0.129. The molecule has 1 aliphatic rings. The first-order valence-electron chi connectivity index (χ1n) is 6.71. The molecule has 1 aromatic heterocycles. The second-order valence-electron chi connectivity index (χ2n) is 5.06. The van der Waals surface area contributed by atoms with Crippen LogP contribution in [0.25, 0.3) is 10.8 Å². The van der Waals surface area contributed by atoms with E-state index in [2.05, 4.69) is 20.9 Å². The number of aromatic nitrogens is 1. The number of nitrogens with zero attached hydrogens (tertiary/aromatic N) is 1. The molecule has 0 bridgehead atoms. The van der Waals surface area contributed by atoms with Crippen LogP contribution in [0.2, 0.25) is 0 Å². The molecule has 100 valence electrons. The largest absolute Gasteiger partial charge is 0.472 e. The summed E-state index contributed by atoms with van der Waals surface area (Å²) in [5.74, 6) is 0.696. The summed E-state index contributed by atoms with van der Waals surface area (Å²) in [5, 5.41) is 2.16. The second kappa shape index (κ2) is 5.47. The minimum Gasteiger partial charge on any atom is -0.472 e. The number of rotatable bonds is 2. The fourth-order valence-electron chi connectivity index (χ4n) is 2.65. The highest BCUT2D eigenvalue weighted by Gasteiger charge is 2.24. The smallest absolute Gasteiger partial charge is 0.221 e. The normalized spacial score (nSPS) is 23.5. The Labute approximate surface area is 121 Å². The molecule has 0 radical (unpaired) electrons. The molecule has 1 saturated carbocycles. The lowest BCUT2D eigenvalue weighted by atomic mass is 9.93. The maximum absolute atomic E-state index is 6.14. The first kappa shape index (κ1) is 12.9. The molecule has 0 amide bonds. The van der Waals surface area contributed by atoms with E-state index in [1.807, 2.05) is 24.3 Å². The van der Waals surface area contributed by atoms with Crippen LogP contribution < -0.4 is 10.5 Å². The Bertz CT molecular complexity index is 587. The Hall–Kier alpha value is -1.13. The SMILES string of the molecule is NC1CCCCC1Oc1nccc2c(Br)cccc12. The maximum Gasteiger partial charge on any atom is 0.221 e. The molecular weight excluding hydrogens is 304 g/mol. The summed E-state index contributed by atoms with van der Waals surface area (Å²) in [6.45, 7) is 0. The molecule has 3 nitrogen and oxygen atoms in total. The van der Waals surface area contributed by atoms with Crippen LogP contribution in [0, 0.1) is 0 Å². The fraction of sp³-hybridized carbons (Fsp3) is 0.400. The number of hydrogen-bond donors (Lipinski definition) is 1. The summed E-state index contributed by atoms with van der Waals surface area (Å²) >= 11 is 3.56. The molecule has 0 spiro atoms. The van der Waals surface area contributed by atoms with Crippen molar-refractivity contribution in [2.24, 2.45) is 5.73 Å². The molecule has 1 heterocycles. The highest BCUT2D eigenvalue weighted by molar-refractivity contribution is 9.10. The van der Waals surface area contributed by atoms with Crippen molar-refractivity contribution in [2.75, 3.05) is 0 Å². The third-order valence-electron chi connectivity index (χ3n) is 3.73. The van der Waals surface area contributed by atoms with Gasteiger partial charge in [0.2, 0.25) is 5.88 Å². The van der Waals surface area contributed by atoms with E-state index in [1.165, 1.54) is 12.8 Å². The standard InChI is InChI=1S/C15H17BrN2O/c16-12-5-3-4-11-10(12)8-9-18-15(11)19-14-7-2-1-6-13(14)17/h3-5,8-9,13-14H,1-2,6-7,17H2. The van der Waals surface area contributed by atoms with E-state index >= 15 is 0 Å². The Morgan fingerprint density at radius 2 is 2.00 bits per heavy atom. The highest BCUT2D eigenvalue weighted by atomic mass is 79.9. The molecule has 2 aromatic rings. The van der Waals surface area contributed by atoms with Crippen molar-refractivity contribution in [3.05, 3.63) is 34.9 Å². The predicted octanol–water partition coefficient (Wildman–Crippen LogP) is 3.65. The number of pyridine rings is 1. The van der Waals surface area contributed by atoms with E-state index in [1.54, 1.807) is 6.20 Å². The zero-order valence-corrected chi connectivity index (χ0v) is 12.3. The van der Waals surface area contributed by atoms with Gasteiger partial charge in [-0.1, -0.05) is 28.4 Å². The monoisotopic (exact) mass is 320 g/mol. The third kappa shape index (κ3) is 2.60. The minimum atomic E-state index is 0.0887. The number of fused-ring (bicyclic) bond motifs is 1. The number of benzene rings is 1. The maximum atomic E-state index is 6.14. The van der Waals surface area contributed by atoms with Crippen molar-refractivity contribution in [2.45, 2.75) is 37.8 Å². The summed E-state index contributed by atoms with van der Waals surface area (Å²) in [6.07, 6.45) is 6.33. The molecule has 19 heavy (non-hydrogen) atoms. The van der Waals surface area contributed by atoms with Crippen molar-refractivity contribution in [3.8, 4) is 5.88 Å². The van der Waals surface area contributed by atoms with E-state index in [-0.39, 0.29) is 12.1 Å². The quantitative estimate of drug-likeness (QED) is 0.918. The molecule has 1 aromatic carbocycles. The molecule has 2 atom stereocenters. The Balaban J connectivity index is 1.94. The van der Waals surface area contributed by atoms with E-state index in [0.717, 1.165) is 28.1 Å². The lowest BCUT2D eigenvalue weighted by Crippen LogP contribution is -2.41. The van der Waals surface area contributed by atoms with E-state index in [0.29, 0.717) is 5.88 Å². The van der Waals surface area contributed by atoms with Gasteiger partial charge in [-0.25, -0.2) is 4.98 Å². The van der Waals surface area contributed by atoms with Gasteiger partial charge in [-0.15, -0.1) is 0 Å². The van der Waals surface area contributed by atoms with E-state index in [4.69, 9.17) is 10.5 Å². The average Bonchev–Trinajstić information content (AvgIpc) is 2.42. The number of ether oxygens (including phenoxy) is 1. The Kier molecular flexibility index (Phi) is 3.71. The van der Waals surface area contributed by atoms with Crippen LogP contribution in [0.1, 0.15) is 25.7 Å². The molecule has 1 fully saturated rings. The summed E-state index contributed by atoms with van der Waals surface area (Å²) in [4.78, 5) is 4.38. The third-order valence-corrected chi connectivity index (χ3v) is 4.42. The molecule has 0 saturated heterocycles. The van der Waals surface area contributed by atoms with Gasteiger partial charge < -0.3 is 10.5 Å². The molecular formula is C15H17BrN2O. The number of nitrogens with two attached hydrogens (primary N) is 1. The van der Waals surface area contributed by atoms with Gasteiger partial charge in [-0.2, -0.15) is 0 Å². The zero-order valence-electron chi connectivity index (χ0n) is 10.7. The van der Waals surface area contributed by atoms with Crippen LogP contribution in [-0.2, 0) is 0 Å². The first-order valence-corrected chi connectivity index (χ1v) is 7.50. The summed E-state index contributed by atoms with van der Waals surface area (Å²) in [6, 6.07) is 8.18. The summed E-state index contributed by atoms with van der Waals surface area (Å²) in [7, 11) is 0.